The van der Waals surface area contributed by atoms with Gasteiger partial charge in [-0.3, -0.25) is 4.99 Å². The number of rotatable bonds is 3. The van der Waals surface area contributed by atoms with E-state index in [9.17, 15) is 0 Å². The fraction of sp³-hybridized carbons (Fsp3) is 0.800. The van der Waals surface area contributed by atoms with Crippen molar-refractivity contribution in [3.63, 3.8) is 0 Å². The molecule has 1 nitrogen and oxygen atoms in total. The van der Waals surface area contributed by atoms with E-state index in [1.165, 1.54) is 0 Å². The van der Waals surface area contributed by atoms with E-state index in [1.54, 1.807) is 0 Å². The zero-order valence-electron chi connectivity index (χ0n) is 4.72. The summed E-state index contributed by atoms with van der Waals surface area (Å²) in [6, 6.07) is 0. The van der Waals surface area contributed by atoms with Crippen molar-refractivity contribution in [1.29, 1.82) is 0 Å². The molecule has 0 spiro atoms. The van der Waals surface area contributed by atoms with Gasteiger partial charge in [0.25, 0.3) is 0 Å². The lowest BCUT2D eigenvalue weighted by Gasteiger charge is -1.80. The molecule has 1 atom stereocenters. The number of hydrogen-bond acceptors (Lipinski definition) is 1. The Kier molecular flexibility index (Phi) is 6.19. The van der Waals surface area contributed by atoms with Crippen molar-refractivity contribution in [2.24, 2.45) is 4.99 Å². The lowest BCUT2D eigenvalue weighted by atomic mass is 10.5. The van der Waals surface area contributed by atoms with Gasteiger partial charge in [-0.2, -0.15) is 0 Å². The Morgan fingerprint density at radius 1 is 1.71 bits per heavy atom. The van der Waals surface area contributed by atoms with E-state index >= 15 is 0 Å². The third-order valence-corrected chi connectivity index (χ3v) is 0.798. The number of aliphatic imine (C=N–C) groups is 1. The molecule has 0 N–H and O–H groups in total. The fourth-order valence-corrected chi connectivity index (χ4v) is 0.444. The highest BCUT2D eigenvalue weighted by atomic mass is 31.0. The molecule has 0 saturated carbocycles. The molecule has 1 unspecified atom stereocenters. The lowest BCUT2D eigenvalue weighted by Crippen LogP contribution is -1.77. The standard InChI is InChI=1S/C5H12NP/c1-2-3-6-4-5-7/h4H,2-3,5,7H2,1H3. The van der Waals surface area contributed by atoms with Gasteiger partial charge < -0.3 is 0 Å². The normalized spacial score (nSPS) is 10.6. The van der Waals surface area contributed by atoms with Gasteiger partial charge in [0.15, 0.2) is 0 Å². The van der Waals surface area contributed by atoms with Gasteiger partial charge in [0.1, 0.15) is 0 Å². The highest BCUT2D eigenvalue weighted by molar-refractivity contribution is 7.17. The van der Waals surface area contributed by atoms with Crippen molar-refractivity contribution >= 4 is 15.5 Å². The second-order valence-corrected chi connectivity index (χ2v) is 1.80. The number of nitrogens with zero attached hydrogens (tertiary/aromatic N) is 1. The molecule has 0 fully saturated rings. The summed E-state index contributed by atoms with van der Waals surface area (Å²) in [5.41, 5.74) is 0. The third-order valence-electron chi connectivity index (χ3n) is 0.587. The molecular formula is C5H12NP. The van der Waals surface area contributed by atoms with E-state index in [0.717, 1.165) is 19.1 Å². The quantitative estimate of drug-likeness (QED) is 0.390. The summed E-state index contributed by atoms with van der Waals surface area (Å²) in [5, 5.41) is 0. The topological polar surface area (TPSA) is 12.4 Å². The summed E-state index contributed by atoms with van der Waals surface area (Å²) >= 11 is 0. The second kappa shape index (κ2) is 6.10. The first-order chi connectivity index (χ1) is 3.41. The average molecular weight is 117 g/mol. The Morgan fingerprint density at radius 2 is 2.43 bits per heavy atom. The van der Waals surface area contributed by atoms with Crippen molar-refractivity contribution in [2.45, 2.75) is 13.3 Å². The predicted octanol–water partition coefficient (Wildman–Crippen LogP) is 1.34. The third kappa shape index (κ3) is 6.10. The van der Waals surface area contributed by atoms with Gasteiger partial charge >= 0.3 is 0 Å². The van der Waals surface area contributed by atoms with Gasteiger partial charge in [0.2, 0.25) is 0 Å². The van der Waals surface area contributed by atoms with E-state index in [4.69, 9.17) is 0 Å². The van der Waals surface area contributed by atoms with E-state index in [1.807, 2.05) is 6.21 Å². The molecule has 0 heterocycles. The van der Waals surface area contributed by atoms with Crippen LogP contribution in [0.1, 0.15) is 13.3 Å². The van der Waals surface area contributed by atoms with Crippen LogP contribution >= 0.6 is 9.24 Å². The van der Waals surface area contributed by atoms with E-state index < -0.39 is 0 Å². The van der Waals surface area contributed by atoms with Crippen LogP contribution in [0.3, 0.4) is 0 Å². The molecule has 0 radical (unpaired) electrons. The Morgan fingerprint density at radius 3 is 2.86 bits per heavy atom. The van der Waals surface area contributed by atoms with Crippen LogP contribution in [0.5, 0.6) is 0 Å². The van der Waals surface area contributed by atoms with Crippen molar-refractivity contribution in [3.05, 3.63) is 0 Å². The summed E-state index contributed by atoms with van der Waals surface area (Å²) in [5.74, 6) is 0. The number of hydrogen-bond donors (Lipinski definition) is 0. The Hall–Kier alpha value is 0.100. The molecule has 0 aliphatic heterocycles. The first kappa shape index (κ1) is 7.10. The zero-order valence-corrected chi connectivity index (χ0v) is 5.88. The Labute approximate surface area is 47.4 Å². The smallest absolute Gasteiger partial charge is 0.0382 e. The monoisotopic (exact) mass is 117 g/mol. The molecule has 0 amide bonds. The molecule has 0 aromatic carbocycles. The van der Waals surface area contributed by atoms with Gasteiger partial charge in [-0.05, 0) is 12.6 Å². The zero-order chi connectivity index (χ0) is 5.54. The van der Waals surface area contributed by atoms with Crippen molar-refractivity contribution in [2.75, 3.05) is 12.7 Å². The minimum atomic E-state index is 0.981. The second-order valence-electron chi connectivity index (χ2n) is 1.32. The molecule has 0 aromatic heterocycles. The predicted molar refractivity (Wildman–Crippen MR) is 38.2 cm³/mol. The van der Waals surface area contributed by atoms with Crippen LogP contribution < -0.4 is 0 Å². The van der Waals surface area contributed by atoms with E-state index in [2.05, 4.69) is 21.2 Å². The Balaban J connectivity index is 2.78. The minimum Gasteiger partial charge on any atom is -0.297 e. The molecule has 0 rings (SSSR count). The maximum absolute atomic E-state index is 4.06. The average Bonchev–Trinajstić information content (AvgIpc) is 1.69. The van der Waals surface area contributed by atoms with E-state index in [-0.39, 0.29) is 0 Å². The van der Waals surface area contributed by atoms with Crippen molar-refractivity contribution < 1.29 is 0 Å². The largest absolute Gasteiger partial charge is 0.297 e. The molecule has 42 valence electrons. The molecule has 2 heteroatoms. The molecule has 0 saturated heterocycles. The summed E-state index contributed by atoms with van der Waals surface area (Å²) in [6.07, 6.45) is 4.06. The molecular weight excluding hydrogens is 105 g/mol. The molecule has 0 aliphatic carbocycles. The highest BCUT2D eigenvalue weighted by Crippen LogP contribution is 1.77. The van der Waals surface area contributed by atoms with Gasteiger partial charge in [-0.25, -0.2) is 0 Å². The summed E-state index contributed by atoms with van der Waals surface area (Å²) < 4.78 is 0. The minimum absolute atomic E-state index is 0.981. The van der Waals surface area contributed by atoms with Crippen LogP contribution in [0.15, 0.2) is 4.99 Å². The fourth-order valence-electron chi connectivity index (χ4n) is 0.295. The summed E-state index contributed by atoms with van der Waals surface area (Å²) in [7, 11) is 2.60. The first-order valence-electron chi connectivity index (χ1n) is 2.60. The lowest BCUT2D eigenvalue weighted by molar-refractivity contribution is 0.936. The molecule has 7 heavy (non-hydrogen) atoms. The van der Waals surface area contributed by atoms with Crippen molar-refractivity contribution in [3.8, 4) is 0 Å². The van der Waals surface area contributed by atoms with Gasteiger partial charge in [0.05, 0.1) is 0 Å². The van der Waals surface area contributed by atoms with Crippen LogP contribution in [0.25, 0.3) is 0 Å². The maximum atomic E-state index is 4.06. The molecule has 0 aromatic rings. The van der Waals surface area contributed by atoms with Gasteiger partial charge in [-0.1, -0.05) is 6.92 Å². The summed E-state index contributed by atoms with van der Waals surface area (Å²) in [6.45, 7) is 3.11. The summed E-state index contributed by atoms with van der Waals surface area (Å²) in [4.78, 5) is 4.06. The van der Waals surface area contributed by atoms with Crippen LogP contribution in [0.2, 0.25) is 0 Å². The highest BCUT2D eigenvalue weighted by Gasteiger charge is 1.68. The van der Waals surface area contributed by atoms with Crippen LogP contribution in [0, 0.1) is 0 Å². The molecule has 0 bridgehead atoms. The first-order valence-corrected chi connectivity index (χ1v) is 3.41. The van der Waals surface area contributed by atoms with Gasteiger partial charge in [0, 0.05) is 12.8 Å². The van der Waals surface area contributed by atoms with Crippen LogP contribution in [-0.4, -0.2) is 18.9 Å². The molecule has 0 aliphatic rings. The van der Waals surface area contributed by atoms with Crippen LogP contribution in [-0.2, 0) is 0 Å². The van der Waals surface area contributed by atoms with Crippen molar-refractivity contribution in [1.82, 2.24) is 0 Å². The van der Waals surface area contributed by atoms with Gasteiger partial charge in [-0.15, -0.1) is 9.24 Å². The Bertz CT molecular complexity index is 52.0. The van der Waals surface area contributed by atoms with Crippen LogP contribution in [0.4, 0.5) is 0 Å². The van der Waals surface area contributed by atoms with E-state index in [0.29, 0.717) is 0 Å². The SMILES string of the molecule is CCCN=CCP. The maximum Gasteiger partial charge on any atom is 0.0382 e.